The molecule has 0 atom stereocenters. The second kappa shape index (κ2) is 7.56. The van der Waals surface area contributed by atoms with Crippen molar-refractivity contribution in [2.45, 2.75) is 46.7 Å². The van der Waals surface area contributed by atoms with Crippen LogP contribution in [0.2, 0.25) is 5.15 Å². The molecule has 1 aliphatic rings. The lowest BCUT2D eigenvalue weighted by Gasteiger charge is -2.24. The molecule has 0 unspecified atom stereocenters. The molecule has 0 aliphatic heterocycles. The first-order valence-corrected chi connectivity index (χ1v) is 10.2. The minimum absolute atomic E-state index is 0.169. The average Bonchev–Trinajstić information content (AvgIpc) is 3.49. The summed E-state index contributed by atoms with van der Waals surface area (Å²) in [6.07, 6.45) is 1.98. The van der Waals surface area contributed by atoms with Crippen LogP contribution < -0.4 is 0 Å². The van der Waals surface area contributed by atoms with Gasteiger partial charge in [0.15, 0.2) is 0 Å². The minimum atomic E-state index is 0.169. The molecule has 4 rings (SSSR count). The third kappa shape index (κ3) is 4.05. The Bertz CT molecular complexity index is 1040. The van der Waals surface area contributed by atoms with Gasteiger partial charge in [0.25, 0.3) is 0 Å². The standard InChI is InChI=1S/C24H25ClN2O/c1-15-4-6-18(7-5-15)13-27(24(28)19-8-9-19)14-21-12-20-11-16(2)10-17(3)22(20)26-23(21)25/h4-7,10-12,19H,8-9,13-14H2,1-3H3. The summed E-state index contributed by atoms with van der Waals surface area (Å²) in [7, 11) is 0. The summed E-state index contributed by atoms with van der Waals surface area (Å²) in [4.78, 5) is 19.5. The Hall–Kier alpha value is -2.39. The Morgan fingerprint density at radius 1 is 1.04 bits per heavy atom. The predicted molar refractivity (Wildman–Crippen MR) is 114 cm³/mol. The van der Waals surface area contributed by atoms with Crippen molar-refractivity contribution in [3.63, 3.8) is 0 Å². The van der Waals surface area contributed by atoms with Crippen LogP contribution in [0.4, 0.5) is 0 Å². The summed E-state index contributed by atoms with van der Waals surface area (Å²) >= 11 is 6.53. The molecule has 1 aliphatic carbocycles. The number of halogens is 1. The van der Waals surface area contributed by atoms with Crippen molar-refractivity contribution in [2.24, 2.45) is 5.92 Å². The van der Waals surface area contributed by atoms with Crippen LogP contribution in [0, 0.1) is 26.7 Å². The lowest BCUT2D eigenvalue weighted by molar-refractivity contribution is -0.133. The fraction of sp³-hybridized carbons (Fsp3) is 0.333. The third-order valence-electron chi connectivity index (χ3n) is 5.37. The summed E-state index contributed by atoms with van der Waals surface area (Å²) in [5.74, 6) is 0.388. The van der Waals surface area contributed by atoms with Gasteiger partial charge in [-0.1, -0.05) is 53.1 Å². The average molecular weight is 393 g/mol. The van der Waals surface area contributed by atoms with Crippen LogP contribution >= 0.6 is 11.6 Å². The molecule has 0 N–H and O–H groups in total. The fourth-order valence-corrected chi connectivity index (χ4v) is 3.90. The van der Waals surface area contributed by atoms with Crippen LogP contribution in [0.3, 0.4) is 0 Å². The van der Waals surface area contributed by atoms with Gasteiger partial charge in [-0.25, -0.2) is 4.98 Å². The molecule has 3 nitrogen and oxygen atoms in total. The van der Waals surface area contributed by atoms with Crippen LogP contribution in [0.5, 0.6) is 0 Å². The molecule has 0 radical (unpaired) electrons. The van der Waals surface area contributed by atoms with Gasteiger partial charge < -0.3 is 4.90 Å². The number of hydrogen-bond acceptors (Lipinski definition) is 2. The van der Waals surface area contributed by atoms with Crippen molar-refractivity contribution in [2.75, 3.05) is 0 Å². The first-order chi connectivity index (χ1) is 13.4. The molecule has 28 heavy (non-hydrogen) atoms. The molecule has 1 saturated carbocycles. The zero-order valence-electron chi connectivity index (χ0n) is 16.6. The fourth-order valence-electron chi connectivity index (χ4n) is 3.70. The van der Waals surface area contributed by atoms with Crippen molar-refractivity contribution >= 4 is 28.4 Å². The zero-order valence-corrected chi connectivity index (χ0v) is 17.4. The maximum atomic E-state index is 12.9. The SMILES string of the molecule is Cc1ccc(CN(Cc2cc3cc(C)cc(C)c3nc2Cl)C(=O)C2CC2)cc1. The van der Waals surface area contributed by atoms with E-state index >= 15 is 0 Å². The van der Waals surface area contributed by atoms with E-state index in [1.165, 1.54) is 11.1 Å². The number of hydrogen-bond donors (Lipinski definition) is 0. The van der Waals surface area contributed by atoms with Gasteiger partial charge in [-0.3, -0.25) is 4.79 Å². The number of carbonyl (C=O) groups excluding carboxylic acids is 1. The van der Waals surface area contributed by atoms with Crippen LogP contribution in [-0.4, -0.2) is 15.8 Å². The molecule has 1 fully saturated rings. The third-order valence-corrected chi connectivity index (χ3v) is 5.70. The maximum absolute atomic E-state index is 12.9. The van der Waals surface area contributed by atoms with Crippen molar-refractivity contribution < 1.29 is 4.79 Å². The highest BCUT2D eigenvalue weighted by molar-refractivity contribution is 6.30. The minimum Gasteiger partial charge on any atom is -0.334 e. The number of pyridine rings is 1. The summed E-state index contributed by atoms with van der Waals surface area (Å²) in [5, 5.41) is 1.56. The molecule has 0 bridgehead atoms. The highest BCUT2D eigenvalue weighted by atomic mass is 35.5. The van der Waals surface area contributed by atoms with E-state index in [-0.39, 0.29) is 11.8 Å². The summed E-state index contributed by atoms with van der Waals surface area (Å²) in [6, 6.07) is 14.7. The van der Waals surface area contributed by atoms with E-state index in [4.69, 9.17) is 11.6 Å². The summed E-state index contributed by atoms with van der Waals surface area (Å²) in [5.41, 5.74) is 6.50. The lowest BCUT2D eigenvalue weighted by Crippen LogP contribution is -2.31. The largest absolute Gasteiger partial charge is 0.334 e. The second-order valence-corrected chi connectivity index (χ2v) is 8.40. The molecule has 4 heteroatoms. The van der Waals surface area contributed by atoms with E-state index in [1.807, 2.05) is 4.90 Å². The van der Waals surface area contributed by atoms with E-state index in [2.05, 4.69) is 68.2 Å². The van der Waals surface area contributed by atoms with Gasteiger partial charge in [0, 0.05) is 30.0 Å². The Morgan fingerprint density at radius 3 is 2.43 bits per heavy atom. The van der Waals surface area contributed by atoms with E-state index in [0.29, 0.717) is 18.2 Å². The van der Waals surface area contributed by atoms with Gasteiger partial charge in [0.05, 0.1) is 5.52 Å². The molecule has 1 heterocycles. The number of nitrogens with zero attached hydrogens (tertiary/aromatic N) is 2. The molecule has 1 aromatic heterocycles. The van der Waals surface area contributed by atoms with E-state index in [1.54, 1.807) is 0 Å². The van der Waals surface area contributed by atoms with Crippen molar-refractivity contribution in [3.05, 3.63) is 75.4 Å². The molecule has 1 amide bonds. The Balaban J connectivity index is 1.66. The van der Waals surface area contributed by atoms with E-state index in [0.717, 1.165) is 40.4 Å². The van der Waals surface area contributed by atoms with Crippen LogP contribution in [0.1, 0.15) is 40.7 Å². The molecule has 2 aromatic carbocycles. The number of aromatic nitrogens is 1. The predicted octanol–water partition coefficient (Wildman–Crippen LogP) is 5.75. The van der Waals surface area contributed by atoms with Crippen LogP contribution in [-0.2, 0) is 17.9 Å². The number of benzene rings is 2. The second-order valence-electron chi connectivity index (χ2n) is 8.05. The normalized spacial score (nSPS) is 13.7. The van der Waals surface area contributed by atoms with Crippen molar-refractivity contribution in [3.8, 4) is 0 Å². The smallest absolute Gasteiger partial charge is 0.226 e. The van der Waals surface area contributed by atoms with E-state index in [9.17, 15) is 4.79 Å². The Kier molecular flexibility index (Phi) is 5.11. The van der Waals surface area contributed by atoms with Gasteiger partial charge in [-0.05, 0) is 56.9 Å². The molecule has 144 valence electrons. The number of aryl methyl sites for hydroxylation is 3. The highest BCUT2D eigenvalue weighted by Gasteiger charge is 2.33. The van der Waals surface area contributed by atoms with Gasteiger partial charge in [0.1, 0.15) is 5.15 Å². The number of rotatable bonds is 5. The van der Waals surface area contributed by atoms with Gasteiger partial charge in [-0.2, -0.15) is 0 Å². The highest BCUT2D eigenvalue weighted by Crippen LogP contribution is 2.33. The number of fused-ring (bicyclic) bond motifs is 1. The monoisotopic (exact) mass is 392 g/mol. The lowest BCUT2D eigenvalue weighted by atomic mass is 10.0. The van der Waals surface area contributed by atoms with Crippen molar-refractivity contribution in [1.82, 2.24) is 9.88 Å². The Labute approximate surface area is 171 Å². The molecular weight excluding hydrogens is 368 g/mol. The van der Waals surface area contributed by atoms with Crippen molar-refractivity contribution in [1.29, 1.82) is 0 Å². The van der Waals surface area contributed by atoms with E-state index < -0.39 is 0 Å². The Morgan fingerprint density at radius 2 is 1.75 bits per heavy atom. The number of amides is 1. The van der Waals surface area contributed by atoms with Crippen LogP contribution in [0.25, 0.3) is 10.9 Å². The first kappa shape index (κ1) is 18.9. The quantitative estimate of drug-likeness (QED) is 0.518. The topological polar surface area (TPSA) is 33.2 Å². The van der Waals surface area contributed by atoms with Crippen LogP contribution in [0.15, 0.2) is 42.5 Å². The first-order valence-electron chi connectivity index (χ1n) is 9.81. The summed E-state index contributed by atoms with van der Waals surface area (Å²) in [6.45, 7) is 7.29. The van der Waals surface area contributed by atoms with Gasteiger partial charge in [0.2, 0.25) is 5.91 Å². The summed E-state index contributed by atoms with van der Waals surface area (Å²) < 4.78 is 0. The zero-order chi connectivity index (χ0) is 19.8. The molecular formula is C24H25ClN2O. The molecule has 0 saturated heterocycles. The number of carbonyl (C=O) groups is 1. The maximum Gasteiger partial charge on any atom is 0.226 e. The van der Waals surface area contributed by atoms with Gasteiger partial charge in [-0.15, -0.1) is 0 Å². The molecule has 3 aromatic rings. The van der Waals surface area contributed by atoms with Gasteiger partial charge >= 0.3 is 0 Å². The molecule has 0 spiro atoms.